The average Bonchev–Trinajstić information content (AvgIpc) is 2.60. The Morgan fingerprint density at radius 2 is 1.85 bits per heavy atom. The highest BCUT2D eigenvalue weighted by atomic mass is 15.2. The minimum Gasteiger partial charge on any atom is -0.378 e. The number of fused-ring (bicyclic) bond motifs is 1. The first-order chi connectivity index (χ1) is 12.3. The SMILES string of the molecule is CCN1c2ccc(C=Nc3ccc(N(C)C)cc3)cc2C(C)CC1(C)C. The molecule has 2 aromatic rings. The lowest BCUT2D eigenvalue weighted by Crippen LogP contribution is -2.48. The molecular formula is C23H31N3. The molecule has 1 atom stereocenters. The van der Waals surface area contributed by atoms with E-state index in [0.717, 1.165) is 12.2 Å². The van der Waals surface area contributed by atoms with Crippen LogP contribution in [0.3, 0.4) is 0 Å². The van der Waals surface area contributed by atoms with Gasteiger partial charge in [-0.05, 0) is 80.6 Å². The summed E-state index contributed by atoms with van der Waals surface area (Å²) < 4.78 is 0. The summed E-state index contributed by atoms with van der Waals surface area (Å²) in [4.78, 5) is 9.29. The summed E-state index contributed by atoms with van der Waals surface area (Å²) in [6.45, 7) is 10.3. The van der Waals surface area contributed by atoms with Crippen LogP contribution in [0.2, 0.25) is 0 Å². The van der Waals surface area contributed by atoms with Gasteiger partial charge in [-0.15, -0.1) is 0 Å². The van der Waals surface area contributed by atoms with Crippen LogP contribution in [0.1, 0.15) is 51.2 Å². The number of rotatable bonds is 4. The molecule has 1 heterocycles. The van der Waals surface area contributed by atoms with Gasteiger partial charge in [-0.2, -0.15) is 0 Å². The summed E-state index contributed by atoms with van der Waals surface area (Å²) in [5, 5.41) is 0. The highest BCUT2D eigenvalue weighted by Gasteiger charge is 2.35. The predicted octanol–water partition coefficient (Wildman–Crippen LogP) is 5.62. The highest BCUT2D eigenvalue weighted by molar-refractivity contribution is 5.84. The van der Waals surface area contributed by atoms with Gasteiger partial charge in [-0.1, -0.05) is 13.0 Å². The topological polar surface area (TPSA) is 18.8 Å². The first-order valence-corrected chi connectivity index (χ1v) is 9.55. The standard InChI is InChI=1S/C23H31N3/c1-7-26-22-13-8-18(14-21(22)17(2)15-23(26,3)4)16-24-19-9-11-20(12-10-19)25(5)6/h8-14,16-17H,7,15H2,1-6H3. The second kappa shape index (κ2) is 7.14. The van der Waals surface area contributed by atoms with Crippen molar-refractivity contribution in [3.8, 4) is 0 Å². The molecule has 26 heavy (non-hydrogen) atoms. The van der Waals surface area contributed by atoms with Gasteiger partial charge in [0.2, 0.25) is 0 Å². The molecule has 1 aliphatic rings. The van der Waals surface area contributed by atoms with Crippen LogP contribution in [0.25, 0.3) is 0 Å². The molecule has 0 N–H and O–H groups in total. The number of benzene rings is 2. The molecule has 2 aromatic carbocycles. The van der Waals surface area contributed by atoms with Crippen LogP contribution in [0, 0.1) is 0 Å². The van der Waals surface area contributed by atoms with Crippen molar-refractivity contribution >= 4 is 23.3 Å². The quantitative estimate of drug-likeness (QED) is 0.668. The molecule has 0 saturated heterocycles. The lowest BCUT2D eigenvalue weighted by atomic mass is 9.79. The van der Waals surface area contributed by atoms with Crippen LogP contribution in [0.5, 0.6) is 0 Å². The van der Waals surface area contributed by atoms with Crippen LogP contribution < -0.4 is 9.80 Å². The fourth-order valence-corrected chi connectivity index (χ4v) is 4.17. The smallest absolute Gasteiger partial charge is 0.0631 e. The molecule has 3 nitrogen and oxygen atoms in total. The minimum atomic E-state index is 0.213. The van der Waals surface area contributed by atoms with Gasteiger partial charge in [0.05, 0.1) is 5.69 Å². The van der Waals surface area contributed by atoms with E-state index in [1.165, 1.54) is 28.9 Å². The van der Waals surface area contributed by atoms with Gasteiger partial charge in [-0.3, -0.25) is 4.99 Å². The molecule has 0 bridgehead atoms. The number of aliphatic imine (C=N–C) groups is 1. The van der Waals surface area contributed by atoms with E-state index < -0.39 is 0 Å². The van der Waals surface area contributed by atoms with Gasteiger partial charge in [0.15, 0.2) is 0 Å². The Kier molecular flexibility index (Phi) is 5.08. The molecule has 0 fully saturated rings. The Labute approximate surface area is 158 Å². The molecule has 0 aliphatic carbocycles. The molecule has 1 unspecified atom stereocenters. The normalized spacial score (nSPS) is 18.8. The highest BCUT2D eigenvalue weighted by Crippen LogP contribution is 2.43. The van der Waals surface area contributed by atoms with E-state index in [0.29, 0.717) is 5.92 Å². The summed E-state index contributed by atoms with van der Waals surface area (Å²) in [7, 11) is 4.10. The summed E-state index contributed by atoms with van der Waals surface area (Å²) in [5.41, 5.74) is 6.38. The van der Waals surface area contributed by atoms with Crippen molar-refractivity contribution < 1.29 is 0 Å². The fraction of sp³-hybridized carbons (Fsp3) is 0.435. The zero-order valence-corrected chi connectivity index (χ0v) is 17.0. The van der Waals surface area contributed by atoms with E-state index >= 15 is 0 Å². The van der Waals surface area contributed by atoms with E-state index in [1.807, 2.05) is 20.3 Å². The van der Waals surface area contributed by atoms with Crippen molar-refractivity contribution in [2.24, 2.45) is 4.99 Å². The van der Waals surface area contributed by atoms with Crippen molar-refractivity contribution in [2.45, 2.75) is 45.6 Å². The maximum atomic E-state index is 4.66. The molecule has 3 heteroatoms. The van der Waals surface area contributed by atoms with Crippen molar-refractivity contribution in [1.29, 1.82) is 0 Å². The van der Waals surface area contributed by atoms with Crippen LogP contribution >= 0.6 is 0 Å². The molecule has 0 amide bonds. The average molecular weight is 350 g/mol. The van der Waals surface area contributed by atoms with Crippen molar-refractivity contribution in [1.82, 2.24) is 0 Å². The third-order valence-corrected chi connectivity index (χ3v) is 5.45. The van der Waals surface area contributed by atoms with Crippen molar-refractivity contribution in [2.75, 3.05) is 30.4 Å². The Bertz CT molecular complexity index is 788. The Hall–Kier alpha value is -2.29. The zero-order valence-electron chi connectivity index (χ0n) is 17.0. The lowest BCUT2D eigenvalue weighted by Gasteiger charge is -2.47. The van der Waals surface area contributed by atoms with Gasteiger partial charge in [0.1, 0.15) is 0 Å². The monoisotopic (exact) mass is 349 g/mol. The van der Waals surface area contributed by atoms with Crippen LogP contribution in [0.4, 0.5) is 17.1 Å². The van der Waals surface area contributed by atoms with Crippen molar-refractivity contribution in [3.63, 3.8) is 0 Å². The maximum Gasteiger partial charge on any atom is 0.0631 e. The Morgan fingerprint density at radius 1 is 1.15 bits per heavy atom. The number of nitrogens with zero attached hydrogens (tertiary/aromatic N) is 3. The first-order valence-electron chi connectivity index (χ1n) is 9.55. The summed E-state index contributed by atoms with van der Waals surface area (Å²) >= 11 is 0. The van der Waals surface area contributed by atoms with E-state index in [2.05, 4.69) is 85.0 Å². The third kappa shape index (κ3) is 3.62. The van der Waals surface area contributed by atoms with Crippen molar-refractivity contribution in [3.05, 3.63) is 53.6 Å². The molecule has 3 rings (SSSR count). The van der Waals surface area contributed by atoms with Crippen LogP contribution in [0.15, 0.2) is 47.5 Å². The van der Waals surface area contributed by atoms with Gasteiger partial charge >= 0.3 is 0 Å². The second-order valence-corrected chi connectivity index (χ2v) is 8.15. The Morgan fingerprint density at radius 3 is 2.46 bits per heavy atom. The molecule has 1 aliphatic heterocycles. The Balaban J connectivity index is 1.86. The minimum absolute atomic E-state index is 0.213. The van der Waals surface area contributed by atoms with E-state index in [4.69, 9.17) is 0 Å². The summed E-state index contributed by atoms with van der Waals surface area (Å²) in [6.07, 6.45) is 3.16. The van der Waals surface area contributed by atoms with E-state index in [-0.39, 0.29) is 5.54 Å². The molecule has 0 radical (unpaired) electrons. The van der Waals surface area contributed by atoms with Gasteiger partial charge < -0.3 is 9.80 Å². The summed E-state index contributed by atoms with van der Waals surface area (Å²) in [5.74, 6) is 0.565. The summed E-state index contributed by atoms with van der Waals surface area (Å²) in [6, 6.07) is 15.1. The molecule has 0 saturated carbocycles. The number of anilines is 2. The largest absolute Gasteiger partial charge is 0.378 e. The first kappa shape index (κ1) is 18.5. The number of hydrogen-bond donors (Lipinski definition) is 0. The second-order valence-electron chi connectivity index (χ2n) is 8.15. The molecule has 138 valence electrons. The van der Waals surface area contributed by atoms with Gasteiger partial charge in [0, 0.05) is 43.8 Å². The van der Waals surface area contributed by atoms with E-state index in [1.54, 1.807) is 0 Å². The van der Waals surface area contributed by atoms with E-state index in [9.17, 15) is 0 Å². The predicted molar refractivity (Wildman–Crippen MR) is 115 cm³/mol. The number of hydrogen-bond acceptors (Lipinski definition) is 3. The zero-order chi connectivity index (χ0) is 18.9. The van der Waals surface area contributed by atoms with Crippen LogP contribution in [-0.4, -0.2) is 32.4 Å². The molecular weight excluding hydrogens is 318 g/mol. The molecule has 0 spiro atoms. The van der Waals surface area contributed by atoms with Crippen LogP contribution in [-0.2, 0) is 0 Å². The third-order valence-electron chi connectivity index (χ3n) is 5.45. The maximum absolute atomic E-state index is 4.66. The lowest BCUT2D eigenvalue weighted by molar-refractivity contribution is 0.381. The fourth-order valence-electron chi connectivity index (χ4n) is 4.17. The molecule has 0 aromatic heterocycles. The van der Waals surface area contributed by atoms with Gasteiger partial charge in [-0.25, -0.2) is 0 Å². The van der Waals surface area contributed by atoms with Gasteiger partial charge in [0.25, 0.3) is 0 Å².